The predicted octanol–water partition coefficient (Wildman–Crippen LogP) is 0.399. The average molecular weight is 172 g/mol. The Morgan fingerprint density at radius 3 is 2.75 bits per heavy atom. The molecule has 4 N–H and O–H groups in total. The Morgan fingerprint density at radius 2 is 2.42 bits per heavy atom. The number of carbonyl (C=O) groups is 1. The Hall–Kier alpha value is -0.610. The van der Waals surface area contributed by atoms with Crippen molar-refractivity contribution in [3.8, 4) is 0 Å². The molecule has 4 heteroatoms. The summed E-state index contributed by atoms with van der Waals surface area (Å²) in [7, 11) is 0. The molecule has 1 amide bonds. The monoisotopic (exact) mass is 172 g/mol. The van der Waals surface area contributed by atoms with Crippen LogP contribution in [0.25, 0.3) is 0 Å². The number of nitrogens with one attached hydrogen (secondary N) is 1. The van der Waals surface area contributed by atoms with Crippen LogP contribution in [-0.2, 0) is 4.79 Å². The molecule has 1 saturated carbocycles. The number of rotatable bonds is 2. The highest BCUT2D eigenvalue weighted by molar-refractivity contribution is 5.84. The van der Waals surface area contributed by atoms with Gasteiger partial charge in [-0.05, 0) is 18.8 Å². The first-order valence-electron chi connectivity index (χ1n) is 4.32. The van der Waals surface area contributed by atoms with E-state index in [1.165, 1.54) is 0 Å². The lowest BCUT2D eigenvalue weighted by molar-refractivity contribution is -0.131. The van der Waals surface area contributed by atoms with Crippen LogP contribution in [0.1, 0.15) is 32.6 Å². The van der Waals surface area contributed by atoms with Gasteiger partial charge in [0.25, 0.3) is 0 Å². The quantitative estimate of drug-likeness (QED) is 0.528. The summed E-state index contributed by atoms with van der Waals surface area (Å²) in [6.45, 7) is 2.06. The summed E-state index contributed by atoms with van der Waals surface area (Å²) < 4.78 is 0. The summed E-state index contributed by atoms with van der Waals surface area (Å²) in [5, 5.41) is 8.88. The summed E-state index contributed by atoms with van der Waals surface area (Å²) >= 11 is 0. The molecular formula is C8H16N2O2. The lowest BCUT2D eigenvalue weighted by atomic mass is 9.76. The van der Waals surface area contributed by atoms with E-state index in [1.807, 2.05) is 0 Å². The molecular weight excluding hydrogens is 156 g/mol. The van der Waals surface area contributed by atoms with E-state index in [0.29, 0.717) is 18.8 Å². The molecule has 0 aromatic carbocycles. The summed E-state index contributed by atoms with van der Waals surface area (Å²) in [4.78, 5) is 11.1. The van der Waals surface area contributed by atoms with Gasteiger partial charge >= 0.3 is 0 Å². The molecule has 0 aromatic heterocycles. The molecule has 12 heavy (non-hydrogen) atoms. The van der Waals surface area contributed by atoms with Crippen LogP contribution >= 0.6 is 0 Å². The molecule has 70 valence electrons. The number of hydroxylamine groups is 1. The van der Waals surface area contributed by atoms with Crippen LogP contribution in [0.15, 0.2) is 0 Å². The highest BCUT2D eigenvalue weighted by atomic mass is 16.5. The van der Waals surface area contributed by atoms with Gasteiger partial charge in [-0.3, -0.25) is 4.79 Å². The molecule has 0 spiro atoms. The Labute approximate surface area is 72.1 Å². The van der Waals surface area contributed by atoms with Crippen molar-refractivity contribution in [1.29, 1.82) is 0 Å². The van der Waals surface area contributed by atoms with E-state index in [2.05, 4.69) is 12.4 Å². The molecule has 0 aromatic rings. The van der Waals surface area contributed by atoms with E-state index in [-0.39, 0.29) is 0 Å². The molecule has 1 rings (SSSR count). The van der Waals surface area contributed by atoms with E-state index in [4.69, 9.17) is 10.9 Å². The maximum Gasteiger partial charge on any atom is 0.240 e. The van der Waals surface area contributed by atoms with Gasteiger partial charge in [0.1, 0.15) is 5.54 Å². The second-order valence-corrected chi connectivity index (χ2v) is 3.76. The van der Waals surface area contributed by atoms with Crippen molar-refractivity contribution in [2.24, 2.45) is 11.7 Å². The first-order valence-corrected chi connectivity index (χ1v) is 4.32. The van der Waals surface area contributed by atoms with Gasteiger partial charge in [0.05, 0.1) is 0 Å². The summed E-state index contributed by atoms with van der Waals surface area (Å²) in [5.41, 5.74) is 6.42. The smallest absolute Gasteiger partial charge is 0.240 e. The maximum atomic E-state index is 11.1. The van der Waals surface area contributed by atoms with E-state index >= 15 is 0 Å². The van der Waals surface area contributed by atoms with Crippen LogP contribution in [0.3, 0.4) is 0 Å². The fourth-order valence-electron chi connectivity index (χ4n) is 1.93. The van der Waals surface area contributed by atoms with Crippen molar-refractivity contribution in [3.63, 3.8) is 0 Å². The summed E-state index contributed by atoms with van der Waals surface area (Å²) in [6.07, 6.45) is 3.33. The first kappa shape index (κ1) is 9.48. The SMILES string of the molecule is CC1CCCC(NO)(C(N)=O)C1. The number of nitrogens with two attached hydrogens (primary N) is 1. The molecule has 0 heterocycles. The molecule has 0 aliphatic heterocycles. The molecule has 1 aliphatic rings. The van der Waals surface area contributed by atoms with Crippen molar-refractivity contribution in [2.45, 2.75) is 38.1 Å². The Balaban J connectivity index is 2.71. The van der Waals surface area contributed by atoms with Crippen LogP contribution in [0.4, 0.5) is 0 Å². The minimum absolute atomic E-state index is 0.448. The van der Waals surface area contributed by atoms with Gasteiger partial charge in [0.15, 0.2) is 0 Å². The molecule has 0 saturated heterocycles. The van der Waals surface area contributed by atoms with Crippen LogP contribution in [0.5, 0.6) is 0 Å². The van der Waals surface area contributed by atoms with Crippen LogP contribution in [-0.4, -0.2) is 16.7 Å². The third kappa shape index (κ3) is 1.59. The Bertz CT molecular complexity index is 184. The number of hydrogen-bond acceptors (Lipinski definition) is 3. The maximum absolute atomic E-state index is 11.1. The topological polar surface area (TPSA) is 75.3 Å². The molecule has 2 atom stereocenters. The predicted molar refractivity (Wildman–Crippen MR) is 44.5 cm³/mol. The van der Waals surface area contributed by atoms with E-state index in [1.54, 1.807) is 0 Å². The van der Waals surface area contributed by atoms with Crippen LogP contribution < -0.4 is 11.2 Å². The fourth-order valence-corrected chi connectivity index (χ4v) is 1.93. The average Bonchev–Trinajstić information content (AvgIpc) is 2.04. The van der Waals surface area contributed by atoms with Gasteiger partial charge in [0, 0.05) is 0 Å². The van der Waals surface area contributed by atoms with Crippen molar-refractivity contribution in [2.75, 3.05) is 0 Å². The van der Waals surface area contributed by atoms with Gasteiger partial charge in [0.2, 0.25) is 5.91 Å². The van der Waals surface area contributed by atoms with E-state index < -0.39 is 11.4 Å². The summed E-state index contributed by atoms with van der Waals surface area (Å²) in [6, 6.07) is 0. The zero-order chi connectivity index (χ0) is 9.19. The molecule has 1 fully saturated rings. The van der Waals surface area contributed by atoms with Gasteiger partial charge in [-0.2, -0.15) is 5.48 Å². The molecule has 4 nitrogen and oxygen atoms in total. The number of primary amides is 1. The molecule has 0 radical (unpaired) electrons. The second kappa shape index (κ2) is 3.41. The minimum Gasteiger partial charge on any atom is -0.368 e. The zero-order valence-corrected chi connectivity index (χ0v) is 7.34. The highest BCUT2D eigenvalue weighted by Gasteiger charge is 2.39. The lowest BCUT2D eigenvalue weighted by Gasteiger charge is -2.35. The van der Waals surface area contributed by atoms with E-state index in [0.717, 1.165) is 12.8 Å². The molecule has 1 aliphatic carbocycles. The van der Waals surface area contributed by atoms with Gasteiger partial charge < -0.3 is 10.9 Å². The lowest BCUT2D eigenvalue weighted by Crippen LogP contribution is -2.56. The second-order valence-electron chi connectivity index (χ2n) is 3.76. The van der Waals surface area contributed by atoms with Crippen molar-refractivity contribution < 1.29 is 10.0 Å². The number of carbonyl (C=O) groups excluding carboxylic acids is 1. The van der Waals surface area contributed by atoms with Gasteiger partial charge in [-0.1, -0.05) is 19.8 Å². The largest absolute Gasteiger partial charge is 0.368 e. The summed E-state index contributed by atoms with van der Waals surface area (Å²) in [5.74, 6) is 0.00227. The Morgan fingerprint density at radius 1 is 1.75 bits per heavy atom. The number of amides is 1. The zero-order valence-electron chi connectivity index (χ0n) is 7.34. The van der Waals surface area contributed by atoms with Crippen molar-refractivity contribution >= 4 is 5.91 Å². The first-order chi connectivity index (χ1) is 5.60. The normalized spacial score (nSPS) is 36.3. The van der Waals surface area contributed by atoms with E-state index in [9.17, 15) is 4.79 Å². The standard InChI is InChI=1S/C8H16N2O2/c1-6-3-2-4-8(5-6,10-12)7(9)11/h6,10,12H,2-5H2,1H3,(H2,9,11). The van der Waals surface area contributed by atoms with Crippen molar-refractivity contribution in [3.05, 3.63) is 0 Å². The minimum atomic E-state index is -0.863. The highest BCUT2D eigenvalue weighted by Crippen LogP contribution is 2.31. The van der Waals surface area contributed by atoms with Crippen LogP contribution in [0.2, 0.25) is 0 Å². The van der Waals surface area contributed by atoms with Gasteiger partial charge in [-0.25, -0.2) is 0 Å². The fraction of sp³-hybridized carbons (Fsp3) is 0.875. The van der Waals surface area contributed by atoms with Crippen LogP contribution in [0, 0.1) is 5.92 Å². The van der Waals surface area contributed by atoms with Crippen molar-refractivity contribution in [1.82, 2.24) is 5.48 Å². The molecule has 0 bridgehead atoms. The number of hydrogen-bond donors (Lipinski definition) is 3. The van der Waals surface area contributed by atoms with Gasteiger partial charge in [-0.15, -0.1) is 0 Å². The molecule has 2 unspecified atom stereocenters. The third-order valence-corrected chi connectivity index (χ3v) is 2.68. The third-order valence-electron chi connectivity index (χ3n) is 2.68. The Kier molecular flexibility index (Phi) is 2.69.